The number of nitrogens with zero attached hydrogens (tertiary/aromatic N) is 1. The molecular formula is C11H19N3O5. The number of carboxylic acids is 1. The van der Waals surface area contributed by atoms with E-state index >= 15 is 0 Å². The van der Waals surface area contributed by atoms with Crippen LogP contribution in [0.4, 0.5) is 4.79 Å². The van der Waals surface area contributed by atoms with Gasteiger partial charge in [0, 0.05) is 19.0 Å². The molecule has 19 heavy (non-hydrogen) atoms. The Labute approximate surface area is 110 Å². The number of hydrogen-bond donors (Lipinski definition) is 4. The van der Waals surface area contributed by atoms with Crippen molar-refractivity contribution in [1.82, 2.24) is 15.5 Å². The zero-order valence-electron chi connectivity index (χ0n) is 10.9. The second kappa shape index (κ2) is 6.37. The van der Waals surface area contributed by atoms with E-state index in [2.05, 4.69) is 10.6 Å². The minimum absolute atomic E-state index is 0.000936. The largest absolute Gasteiger partial charge is 0.480 e. The van der Waals surface area contributed by atoms with Gasteiger partial charge in [0.15, 0.2) is 0 Å². The summed E-state index contributed by atoms with van der Waals surface area (Å²) in [6.07, 6.45) is -0.850. The molecule has 4 N–H and O–H groups in total. The van der Waals surface area contributed by atoms with Crippen LogP contribution in [-0.4, -0.2) is 64.3 Å². The van der Waals surface area contributed by atoms with Crippen LogP contribution in [0.15, 0.2) is 0 Å². The number of likely N-dealkylation sites (tertiary alicyclic amines) is 1. The summed E-state index contributed by atoms with van der Waals surface area (Å²) < 4.78 is 0. The quantitative estimate of drug-likeness (QED) is 0.510. The summed E-state index contributed by atoms with van der Waals surface area (Å²) in [5.74, 6) is -1.52. The maximum absolute atomic E-state index is 11.8. The SMILES string of the molecule is CC(C)NC(=O)CNC(=O)N1C[C@@H](O)C[C@H]1C(=O)O. The first kappa shape index (κ1) is 15.2. The molecule has 0 aromatic heterocycles. The lowest BCUT2D eigenvalue weighted by atomic mass is 10.2. The number of amides is 3. The Kier molecular flexibility index (Phi) is 5.11. The summed E-state index contributed by atoms with van der Waals surface area (Å²) in [6, 6.07) is -1.75. The van der Waals surface area contributed by atoms with E-state index in [9.17, 15) is 19.5 Å². The van der Waals surface area contributed by atoms with E-state index in [-0.39, 0.29) is 31.5 Å². The Morgan fingerprint density at radius 2 is 2.00 bits per heavy atom. The number of rotatable bonds is 4. The number of hydrogen-bond acceptors (Lipinski definition) is 4. The molecule has 8 nitrogen and oxygen atoms in total. The number of aliphatic carboxylic acids is 1. The molecule has 108 valence electrons. The Morgan fingerprint density at radius 3 is 2.53 bits per heavy atom. The van der Waals surface area contributed by atoms with Crippen molar-refractivity contribution in [2.75, 3.05) is 13.1 Å². The van der Waals surface area contributed by atoms with Crippen molar-refractivity contribution in [1.29, 1.82) is 0 Å². The fourth-order valence-electron chi connectivity index (χ4n) is 1.90. The van der Waals surface area contributed by atoms with Gasteiger partial charge in [-0.25, -0.2) is 9.59 Å². The van der Waals surface area contributed by atoms with Gasteiger partial charge in [-0.2, -0.15) is 0 Å². The maximum atomic E-state index is 11.8. The van der Waals surface area contributed by atoms with Gasteiger partial charge >= 0.3 is 12.0 Å². The first-order chi connectivity index (χ1) is 8.81. The molecule has 8 heteroatoms. The predicted molar refractivity (Wildman–Crippen MR) is 65.4 cm³/mol. The van der Waals surface area contributed by atoms with E-state index < -0.39 is 24.1 Å². The third kappa shape index (κ3) is 4.40. The second-order valence-electron chi connectivity index (χ2n) is 4.78. The molecule has 0 bridgehead atoms. The summed E-state index contributed by atoms with van der Waals surface area (Å²) in [5.41, 5.74) is 0. The van der Waals surface area contributed by atoms with E-state index in [1.54, 1.807) is 13.8 Å². The highest BCUT2D eigenvalue weighted by atomic mass is 16.4. The maximum Gasteiger partial charge on any atom is 0.326 e. The van der Waals surface area contributed by atoms with Crippen molar-refractivity contribution < 1.29 is 24.6 Å². The molecule has 0 unspecified atom stereocenters. The number of aliphatic hydroxyl groups is 1. The van der Waals surface area contributed by atoms with E-state index in [0.29, 0.717) is 0 Å². The van der Waals surface area contributed by atoms with E-state index in [0.717, 1.165) is 4.90 Å². The second-order valence-corrected chi connectivity index (χ2v) is 4.78. The molecule has 1 aliphatic heterocycles. The fraction of sp³-hybridized carbons (Fsp3) is 0.727. The lowest BCUT2D eigenvalue weighted by molar-refractivity contribution is -0.141. The number of aliphatic hydroxyl groups excluding tert-OH is 1. The van der Waals surface area contributed by atoms with Gasteiger partial charge in [-0.15, -0.1) is 0 Å². The summed E-state index contributed by atoms with van der Waals surface area (Å²) in [5, 5.41) is 23.3. The highest BCUT2D eigenvalue weighted by molar-refractivity contribution is 5.87. The minimum Gasteiger partial charge on any atom is -0.480 e. The molecule has 1 heterocycles. The summed E-state index contributed by atoms with van der Waals surface area (Å²) >= 11 is 0. The van der Waals surface area contributed by atoms with Gasteiger partial charge in [-0.3, -0.25) is 4.79 Å². The zero-order chi connectivity index (χ0) is 14.6. The number of carbonyl (C=O) groups is 3. The molecule has 1 saturated heterocycles. The van der Waals surface area contributed by atoms with Crippen LogP contribution in [0.1, 0.15) is 20.3 Å². The molecule has 1 fully saturated rings. The molecule has 0 aliphatic carbocycles. The molecule has 0 spiro atoms. The number of nitrogens with one attached hydrogen (secondary N) is 2. The van der Waals surface area contributed by atoms with Crippen molar-refractivity contribution in [2.45, 2.75) is 38.5 Å². The predicted octanol–water partition coefficient (Wildman–Crippen LogP) is -1.26. The molecule has 1 rings (SSSR count). The Morgan fingerprint density at radius 1 is 1.37 bits per heavy atom. The average molecular weight is 273 g/mol. The minimum atomic E-state index is -1.17. The van der Waals surface area contributed by atoms with Gasteiger partial charge in [0.1, 0.15) is 6.04 Å². The van der Waals surface area contributed by atoms with Crippen LogP contribution in [-0.2, 0) is 9.59 Å². The van der Waals surface area contributed by atoms with Crippen LogP contribution >= 0.6 is 0 Å². The van der Waals surface area contributed by atoms with E-state index in [1.807, 2.05) is 0 Å². The Bertz CT molecular complexity index is 371. The van der Waals surface area contributed by atoms with Gasteiger partial charge in [0.25, 0.3) is 0 Å². The van der Waals surface area contributed by atoms with Crippen LogP contribution < -0.4 is 10.6 Å². The highest BCUT2D eigenvalue weighted by Gasteiger charge is 2.38. The summed E-state index contributed by atoms with van der Waals surface area (Å²) in [4.78, 5) is 35.1. The molecular weight excluding hydrogens is 254 g/mol. The smallest absolute Gasteiger partial charge is 0.326 e. The van der Waals surface area contributed by atoms with Crippen molar-refractivity contribution in [3.8, 4) is 0 Å². The highest BCUT2D eigenvalue weighted by Crippen LogP contribution is 2.17. The first-order valence-electron chi connectivity index (χ1n) is 6.06. The summed E-state index contributed by atoms with van der Waals surface area (Å²) in [7, 11) is 0. The van der Waals surface area contributed by atoms with Crippen LogP contribution in [0, 0.1) is 0 Å². The Balaban J connectivity index is 2.48. The third-order valence-corrected chi connectivity index (χ3v) is 2.67. The molecule has 1 aliphatic rings. The molecule has 0 saturated carbocycles. The van der Waals surface area contributed by atoms with Crippen LogP contribution in [0.3, 0.4) is 0 Å². The van der Waals surface area contributed by atoms with Crippen LogP contribution in [0.2, 0.25) is 0 Å². The van der Waals surface area contributed by atoms with Crippen LogP contribution in [0.25, 0.3) is 0 Å². The molecule has 2 atom stereocenters. The number of urea groups is 1. The van der Waals surface area contributed by atoms with E-state index in [4.69, 9.17) is 5.11 Å². The number of β-amino-alcohol motifs (C(OH)–C–C–N with tert-alkyl or cyclic N) is 1. The average Bonchev–Trinajstić information content (AvgIpc) is 2.67. The number of carboxylic acid groups (broad SMARTS) is 1. The van der Waals surface area contributed by atoms with Crippen molar-refractivity contribution in [3.05, 3.63) is 0 Å². The van der Waals surface area contributed by atoms with Gasteiger partial charge in [-0.1, -0.05) is 0 Å². The third-order valence-electron chi connectivity index (χ3n) is 2.67. The van der Waals surface area contributed by atoms with Gasteiger partial charge in [0.05, 0.1) is 12.6 Å². The lowest BCUT2D eigenvalue weighted by Crippen LogP contribution is -2.49. The molecule has 0 aromatic carbocycles. The topological polar surface area (TPSA) is 119 Å². The van der Waals surface area contributed by atoms with E-state index in [1.165, 1.54) is 0 Å². The monoisotopic (exact) mass is 273 g/mol. The van der Waals surface area contributed by atoms with Gasteiger partial charge < -0.3 is 25.7 Å². The van der Waals surface area contributed by atoms with Crippen molar-refractivity contribution >= 4 is 17.9 Å². The number of carbonyl (C=O) groups excluding carboxylic acids is 2. The van der Waals surface area contributed by atoms with Gasteiger partial charge in [0.2, 0.25) is 5.91 Å². The molecule has 0 radical (unpaired) electrons. The fourth-order valence-corrected chi connectivity index (χ4v) is 1.90. The van der Waals surface area contributed by atoms with Crippen molar-refractivity contribution in [3.63, 3.8) is 0 Å². The first-order valence-corrected chi connectivity index (χ1v) is 6.06. The lowest BCUT2D eigenvalue weighted by Gasteiger charge is -2.21. The normalized spacial score (nSPS) is 22.4. The molecule has 0 aromatic rings. The standard InChI is InChI=1S/C11H19N3O5/c1-6(2)13-9(16)4-12-11(19)14-5-7(15)3-8(14)10(17)18/h6-8,15H,3-5H2,1-2H3,(H,12,19)(H,13,16)(H,17,18)/t7-,8-/m0/s1. The Hall–Kier alpha value is -1.83. The van der Waals surface area contributed by atoms with Gasteiger partial charge in [-0.05, 0) is 13.8 Å². The molecule has 3 amide bonds. The zero-order valence-corrected chi connectivity index (χ0v) is 10.9. The summed E-state index contributed by atoms with van der Waals surface area (Å²) in [6.45, 7) is 3.30. The van der Waals surface area contributed by atoms with Crippen LogP contribution in [0.5, 0.6) is 0 Å². The van der Waals surface area contributed by atoms with Crippen molar-refractivity contribution in [2.24, 2.45) is 0 Å².